The zero-order valence-corrected chi connectivity index (χ0v) is 14.7. The molecule has 7 nitrogen and oxygen atoms in total. The number of hydrogen-bond acceptors (Lipinski definition) is 6. The number of methoxy groups -OCH3 is 1. The predicted molar refractivity (Wildman–Crippen MR) is 82.5 cm³/mol. The van der Waals surface area contributed by atoms with Crippen molar-refractivity contribution in [2.24, 2.45) is 5.73 Å². The fourth-order valence-corrected chi connectivity index (χ4v) is 3.42. The Morgan fingerprint density at radius 3 is 2.26 bits per heavy atom. The summed E-state index contributed by atoms with van der Waals surface area (Å²) in [7, 11) is -6.91. The van der Waals surface area contributed by atoms with Crippen LogP contribution in [0.5, 0.6) is 5.75 Å². The molecule has 134 valence electrons. The average molecular weight is 395 g/mol. The number of benzene rings is 1. The van der Waals surface area contributed by atoms with E-state index in [-0.39, 0.29) is 23.1 Å². The largest absolute Gasteiger partial charge is 0.495 e. The quantitative estimate of drug-likeness (QED) is 0.691. The van der Waals surface area contributed by atoms with Crippen molar-refractivity contribution >= 4 is 32.3 Å². The minimum Gasteiger partial charge on any atom is -0.495 e. The lowest BCUT2D eigenvalue weighted by molar-refractivity contribution is 0.0170. The number of ether oxygens (including phenoxy) is 1. The van der Waals surface area contributed by atoms with Gasteiger partial charge in [0.15, 0.2) is 9.84 Å². The second-order valence-corrected chi connectivity index (χ2v) is 8.22. The normalized spacial score (nSPS) is 12.6. The van der Waals surface area contributed by atoms with Crippen molar-refractivity contribution in [3.05, 3.63) is 18.2 Å². The Balaban J connectivity index is 0.00000484. The van der Waals surface area contributed by atoms with Crippen LogP contribution in [-0.4, -0.2) is 49.2 Å². The van der Waals surface area contributed by atoms with Crippen LogP contribution < -0.4 is 15.2 Å². The number of halogens is 3. The van der Waals surface area contributed by atoms with Gasteiger partial charge in [0.1, 0.15) is 10.6 Å². The van der Waals surface area contributed by atoms with Crippen LogP contribution >= 0.6 is 12.4 Å². The summed E-state index contributed by atoms with van der Waals surface area (Å²) in [4.78, 5) is -0.829. The van der Waals surface area contributed by atoms with E-state index in [1.807, 2.05) is 0 Å². The van der Waals surface area contributed by atoms with Crippen molar-refractivity contribution in [3.63, 3.8) is 0 Å². The molecule has 0 radical (unpaired) electrons. The van der Waals surface area contributed by atoms with Gasteiger partial charge in [-0.1, -0.05) is 0 Å². The van der Waals surface area contributed by atoms with Gasteiger partial charge in [0, 0.05) is 6.26 Å². The topological polar surface area (TPSA) is 116 Å². The predicted octanol–water partition coefficient (Wildman–Crippen LogP) is 0.393. The van der Waals surface area contributed by atoms with E-state index < -0.39 is 43.8 Å². The third kappa shape index (κ3) is 5.84. The first-order chi connectivity index (χ1) is 9.93. The first kappa shape index (κ1) is 22.0. The van der Waals surface area contributed by atoms with Crippen LogP contribution in [0, 0.1) is 0 Å². The summed E-state index contributed by atoms with van der Waals surface area (Å²) in [6.07, 6.45) is 0.890. The minimum atomic E-state index is -4.40. The number of sulfonamides is 1. The molecule has 0 atom stereocenters. The Morgan fingerprint density at radius 1 is 1.26 bits per heavy atom. The van der Waals surface area contributed by atoms with Crippen LogP contribution in [0.1, 0.15) is 0 Å². The van der Waals surface area contributed by atoms with Crippen molar-refractivity contribution in [3.8, 4) is 5.75 Å². The van der Waals surface area contributed by atoms with Crippen LogP contribution in [0.25, 0.3) is 0 Å². The Morgan fingerprint density at radius 2 is 1.83 bits per heavy atom. The van der Waals surface area contributed by atoms with Gasteiger partial charge in [-0.25, -0.2) is 30.3 Å². The summed E-state index contributed by atoms with van der Waals surface area (Å²) in [6, 6.07) is 3.13. The fraction of sp³-hybridized carbons (Fsp3) is 0.455. The molecule has 0 spiro atoms. The Bertz CT molecular complexity index is 754. The summed E-state index contributed by atoms with van der Waals surface area (Å²) in [5.41, 5.74) is 4.82. The van der Waals surface area contributed by atoms with Crippen LogP contribution in [-0.2, 0) is 19.9 Å². The molecule has 0 heterocycles. The molecule has 0 amide bonds. The number of hydrogen-bond donors (Lipinski definition) is 2. The summed E-state index contributed by atoms with van der Waals surface area (Å²) in [5.74, 6) is -3.59. The molecule has 0 aliphatic rings. The zero-order chi connectivity index (χ0) is 17.2. The van der Waals surface area contributed by atoms with Gasteiger partial charge >= 0.3 is 0 Å². The van der Waals surface area contributed by atoms with Gasteiger partial charge in [0.25, 0.3) is 5.92 Å². The summed E-state index contributed by atoms with van der Waals surface area (Å²) in [6.45, 7) is -2.24. The lowest BCUT2D eigenvalue weighted by Crippen LogP contribution is -2.41. The number of sulfone groups is 1. The Labute approximate surface area is 139 Å². The molecule has 12 heteroatoms. The van der Waals surface area contributed by atoms with E-state index in [0.29, 0.717) is 0 Å². The summed E-state index contributed by atoms with van der Waals surface area (Å²) >= 11 is 0. The molecule has 0 fully saturated rings. The van der Waals surface area contributed by atoms with Crippen LogP contribution in [0.4, 0.5) is 8.78 Å². The van der Waals surface area contributed by atoms with E-state index in [0.717, 1.165) is 24.5 Å². The SMILES string of the molecule is COc1ccc(S(C)(=O)=O)cc1S(=O)(=O)NCC(F)(F)CN.Cl. The van der Waals surface area contributed by atoms with E-state index in [4.69, 9.17) is 10.5 Å². The highest BCUT2D eigenvalue weighted by molar-refractivity contribution is 7.91. The van der Waals surface area contributed by atoms with Gasteiger partial charge in [-0.05, 0) is 18.2 Å². The molecule has 0 bridgehead atoms. The molecule has 1 aromatic carbocycles. The monoisotopic (exact) mass is 394 g/mol. The molecule has 0 aromatic heterocycles. The van der Waals surface area contributed by atoms with Gasteiger partial charge < -0.3 is 10.5 Å². The Hall–Kier alpha value is -1.01. The lowest BCUT2D eigenvalue weighted by Gasteiger charge is -2.16. The van der Waals surface area contributed by atoms with E-state index in [1.165, 1.54) is 7.11 Å². The van der Waals surface area contributed by atoms with Crippen LogP contribution in [0.3, 0.4) is 0 Å². The molecule has 0 saturated carbocycles. The molecule has 0 aliphatic carbocycles. The van der Waals surface area contributed by atoms with Crippen LogP contribution in [0.2, 0.25) is 0 Å². The molecule has 23 heavy (non-hydrogen) atoms. The van der Waals surface area contributed by atoms with Crippen molar-refractivity contribution < 1.29 is 30.4 Å². The average Bonchev–Trinajstić information content (AvgIpc) is 2.44. The molecular formula is C11H17ClF2N2O5S2. The number of nitrogens with one attached hydrogen (secondary N) is 1. The standard InChI is InChI=1S/C11H16F2N2O5S2.ClH/c1-20-9-4-3-8(21(2,16)17)5-10(9)22(18,19)15-7-11(12,13)6-14;/h3-5,15H,6-7,14H2,1-2H3;1H. The molecule has 3 N–H and O–H groups in total. The molecule has 0 unspecified atom stereocenters. The number of nitrogens with two attached hydrogens (primary N) is 1. The summed E-state index contributed by atoms with van der Waals surface area (Å²) < 4.78 is 79.8. The lowest BCUT2D eigenvalue weighted by atomic mass is 10.3. The van der Waals surface area contributed by atoms with Crippen molar-refractivity contribution in [2.45, 2.75) is 15.7 Å². The maximum absolute atomic E-state index is 13.1. The van der Waals surface area contributed by atoms with E-state index >= 15 is 0 Å². The number of rotatable bonds is 7. The maximum Gasteiger partial charge on any atom is 0.273 e. The number of alkyl halides is 2. The first-order valence-electron chi connectivity index (χ1n) is 5.88. The van der Waals surface area contributed by atoms with Gasteiger partial charge in [0.2, 0.25) is 10.0 Å². The third-order valence-corrected chi connectivity index (χ3v) is 5.20. The van der Waals surface area contributed by atoms with Gasteiger partial charge in [-0.3, -0.25) is 0 Å². The summed E-state index contributed by atoms with van der Waals surface area (Å²) in [5, 5.41) is 0. The van der Waals surface area contributed by atoms with E-state index in [1.54, 1.807) is 4.72 Å². The second kappa shape index (κ2) is 7.71. The molecule has 0 saturated heterocycles. The van der Waals surface area contributed by atoms with Crippen molar-refractivity contribution in [1.29, 1.82) is 0 Å². The molecule has 0 aliphatic heterocycles. The highest BCUT2D eigenvalue weighted by Gasteiger charge is 2.31. The molecule has 1 aromatic rings. The highest BCUT2D eigenvalue weighted by Crippen LogP contribution is 2.27. The maximum atomic E-state index is 13.1. The van der Waals surface area contributed by atoms with Gasteiger partial charge in [-0.15, -0.1) is 12.4 Å². The fourth-order valence-electron chi connectivity index (χ4n) is 1.45. The van der Waals surface area contributed by atoms with Gasteiger partial charge in [0.05, 0.1) is 25.1 Å². The minimum absolute atomic E-state index is 0. The highest BCUT2D eigenvalue weighted by atomic mass is 35.5. The van der Waals surface area contributed by atoms with Gasteiger partial charge in [-0.2, -0.15) is 0 Å². The second-order valence-electron chi connectivity index (χ2n) is 4.47. The van der Waals surface area contributed by atoms with E-state index in [2.05, 4.69) is 0 Å². The molecule has 1 rings (SSSR count). The van der Waals surface area contributed by atoms with Crippen LogP contribution in [0.15, 0.2) is 28.0 Å². The van der Waals surface area contributed by atoms with Crippen molar-refractivity contribution in [1.82, 2.24) is 4.72 Å². The first-order valence-corrected chi connectivity index (χ1v) is 9.26. The molecular weight excluding hydrogens is 378 g/mol. The van der Waals surface area contributed by atoms with E-state index in [9.17, 15) is 25.6 Å². The smallest absolute Gasteiger partial charge is 0.273 e. The Kier molecular flexibility index (Phi) is 7.37. The zero-order valence-electron chi connectivity index (χ0n) is 12.2. The van der Waals surface area contributed by atoms with Crippen molar-refractivity contribution in [2.75, 3.05) is 26.5 Å². The third-order valence-electron chi connectivity index (χ3n) is 2.67.